The van der Waals surface area contributed by atoms with Gasteiger partial charge in [0.25, 0.3) is 0 Å². The van der Waals surface area contributed by atoms with Crippen molar-refractivity contribution in [2.45, 2.75) is 26.8 Å². The zero-order valence-corrected chi connectivity index (χ0v) is 12.5. The van der Waals surface area contributed by atoms with Crippen LogP contribution in [0.15, 0.2) is 29.6 Å². The van der Waals surface area contributed by atoms with Gasteiger partial charge in [0.1, 0.15) is 0 Å². The SMILES string of the molecule is CCOCC(C)Nc1cccc(-c2csc(C)n2)c1. The normalized spacial score (nSPS) is 12.4. The molecule has 0 saturated heterocycles. The van der Waals surface area contributed by atoms with Gasteiger partial charge in [0, 0.05) is 29.3 Å². The first-order valence-corrected chi connectivity index (χ1v) is 7.44. The van der Waals surface area contributed by atoms with E-state index in [1.54, 1.807) is 11.3 Å². The van der Waals surface area contributed by atoms with Crippen LogP contribution in [-0.2, 0) is 4.74 Å². The topological polar surface area (TPSA) is 34.1 Å². The first-order valence-electron chi connectivity index (χ1n) is 6.56. The molecule has 0 aliphatic rings. The molecule has 0 saturated carbocycles. The van der Waals surface area contributed by atoms with E-state index in [2.05, 4.69) is 46.9 Å². The number of rotatable bonds is 6. The molecule has 1 atom stereocenters. The van der Waals surface area contributed by atoms with Gasteiger partial charge >= 0.3 is 0 Å². The Kier molecular flexibility index (Phi) is 4.93. The Hall–Kier alpha value is -1.39. The summed E-state index contributed by atoms with van der Waals surface area (Å²) in [6.07, 6.45) is 0. The molecule has 2 aromatic rings. The molecular formula is C15H20N2OS. The second-order valence-electron chi connectivity index (χ2n) is 4.54. The van der Waals surface area contributed by atoms with Crippen LogP contribution in [0.5, 0.6) is 0 Å². The zero-order valence-electron chi connectivity index (χ0n) is 11.6. The summed E-state index contributed by atoms with van der Waals surface area (Å²) in [6.45, 7) is 7.63. The number of ether oxygens (including phenoxy) is 1. The zero-order chi connectivity index (χ0) is 13.7. The molecule has 1 N–H and O–H groups in total. The molecule has 0 spiro atoms. The molecule has 4 heteroatoms. The average Bonchev–Trinajstić information content (AvgIpc) is 2.83. The fourth-order valence-corrected chi connectivity index (χ4v) is 2.51. The van der Waals surface area contributed by atoms with E-state index in [0.29, 0.717) is 6.04 Å². The Bertz CT molecular complexity index is 524. The summed E-state index contributed by atoms with van der Waals surface area (Å²) >= 11 is 1.68. The first kappa shape index (κ1) is 14.0. The number of aromatic nitrogens is 1. The van der Waals surface area contributed by atoms with Gasteiger partial charge in [-0.15, -0.1) is 11.3 Å². The van der Waals surface area contributed by atoms with Crippen molar-refractivity contribution in [2.75, 3.05) is 18.5 Å². The van der Waals surface area contributed by atoms with Crippen LogP contribution in [0.3, 0.4) is 0 Å². The molecule has 102 valence electrons. The average molecular weight is 276 g/mol. The maximum absolute atomic E-state index is 5.41. The fourth-order valence-electron chi connectivity index (χ4n) is 1.89. The molecule has 0 amide bonds. The van der Waals surface area contributed by atoms with Crippen LogP contribution in [-0.4, -0.2) is 24.2 Å². The van der Waals surface area contributed by atoms with E-state index in [0.717, 1.165) is 35.2 Å². The minimum Gasteiger partial charge on any atom is -0.380 e. The van der Waals surface area contributed by atoms with Crippen molar-refractivity contribution in [1.29, 1.82) is 0 Å². The molecule has 0 fully saturated rings. The van der Waals surface area contributed by atoms with Crippen molar-refractivity contribution in [3.05, 3.63) is 34.7 Å². The van der Waals surface area contributed by atoms with Crippen molar-refractivity contribution in [2.24, 2.45) is 0 Å². The van der Waals surface area contributed by atoms with Crippen LogP contribution in [0.1, 0.15) is 18.9 Å². The minimum atomic E-state index is 0.298. The summed E-state index contributed by atoms with van der Waals surface area (Å²) in [7, 11) is 0. The van der Waals surface area contributed by atoms with Gasteiger partial charge in [-0.25, -0.2) is 4.98 Å². The van der Waals surface area contributed by atoms with E-state index in [1.807, 2.05) is 13.8 Å². The highest BCUT2D eigenvalue weighted by Gasteiger charge is 2.05. The van der Waals surface area contributed by atoms with Crippen LogP contribution in [0, 0.1) is 6.92 Å². The molecule has 1 aromatic carbocycles. The summed E-state index contributed by atoms with van der Waals surface area (Å²) in [4.78, 5) is 4.52. The van der Waals surface area contributed by atoms with E-state index in [1.165, 1.54) is 0 Å². The highest BCUT2D eigenvalue weighted by molar-refractivity contribution is 7.09. The van der Waals surface area contributed by atoms with Crippen LogP contribution >= 0.6 is 11.3 Å². The maximum atomic E-state index is 5.41. The third-order valence-corrected chi connectivity index (χ3v) is 3.54. The molecule has 0 radical (unpaired) electrons. The van der Waals surface area contributed by atoms with Gasteiger partial charge in [-0.3, -0.25) is 0 Å². The fraction of sp³-hybridized carbons (Fsp3) is 0.400. The Labute approximate surface area is 118 Å². The van der Waals surface area contributed by atoms with Gasteiger partial charge in [0.2, 0.25) is 0 Å². The Morgan fingerprint density at radius 3 is 2.95 bits per heavy atom. The van der Waals surface area contributed by atoms with Crippen molar-refractivity contribution >= 4 is 17.0 Å². The predicted octanol–water partition coefficient (Wildman–Crippen LogP) is 3.96. The molecule has 2 rings (SSSR count). The third kappa shape index (κ3) is 4.04. The highest BCUT2D eigenvalue weighted by Crippen LogP contribution is 2.24. The Morgan fingerprint density at radius 1 is 1.42 bits per heavy atom. The molecule has 3 nitrogen and oxygen atoms in total. The second kappa shape index (κ2) is 6.68. The second-order valence-corrected chi connectivity index (χ2v) is 5.60. The van der Waals surface area contributed by atoms with Gasteiger partial charge in [-0.05, 0) is 32.9 Å². The van der Waals surface area contributed by atoms with Gasteiger partial charge < -0.3 is 10.1 Å². The molecule has 0 bridgehead atoms. The number of hydrogen-bond acceptors (Lipinski definition) is 4. The summed E-state index contributed by atoms with van der Waals surface area (Å²) in [6, 6.07) is 8.65. The number of hydrogen-bond donors (Lipinski definition) is 1. The van der Waals surface area contributed by atoms with Crippen LogP contribution in [0.2, 0.25) is 0 Å². The lowest BCUT2D eigenvalue weighted by Gasteiger charge is -2.15. The van der Waals surface area contributed by atoms with Crippen molar-refractivity contribution < 1.29 is 4.74 Å². The van der Waals surface area contributed by atoms with E-state index in [9.17, 15) is 0 Å². The molecule has 0 aliphatic carbocycles. The monoisotopic (exact) mass is 276 g/mol. The van der Waals surface area contributed by atoms with Crippen molar-refractivity contribution in [3.8, 4) is 11.3 Å². The quantitative estimate of drug-likeness (QED) is 0.867. The summed E-state index contributed by atoms with van der Waals surface area (Å²) < 4.78 is 5.41. The number of thiazole rings is 1. The van der Waals surface area contributed by atoms with E-state index in [-0.39, 0.29) is 0 Å². The standard InChI is InChI=1S/C15H20N2OS/c1-4-18-9-11(2)16-14-7-5-6-13(8-14)15-10-19-12(3)17-15/h5-8,10-11,16H,4,9H2,1-3H3. The predicted molar refractivity (Wildman–Crippen MR) is 81.9 cm³/mol. The molecule has 1 unspecified atom stereocenters. The first-order chi connectivity index (χ1) is 9.19. The molecule has 0 aliphatic heterocycles. The summed E-state index contributed by atoms with van der Waals surface area (Å²) in [5, 5.41) is 6.64. The van der Waals surface area contributed by atoms with E-state index >= 15 is 0 Å². The highest BCUT2D eigenvalue weighted by atomic mass is 32.1. The minimum absolute atomic E-state index is 0.298. The van der Waals surface area contributed by atoms with Crippen LogP contribution in [0.25, 0.3) is 11.3 Å². The van der Waals surface area contributed by atoms with Gasteiger partial charge in [-0.1, -0.05) is 12.1 Å². The Balaban J connectivity index is 2.07. The van der Waals surface area contributed by atoms with Crippen LogP contribution < -0.4 is 5.32 Å². The molecule has 19 heavy (non-hydrogen) atoms. The lowest BCUT2D eigenvalue weighted by atomic mass is 10.1. The Morgan fingerprint density at radius 2 is 2.26 bits per heavy atom. The van der Waals surface area contributed by atoms with E-state index in [4.69, 9.17) is 4.74 Å². The van der Waals surface area contributed by atoms with Gasteiger partial charge in [0.15, 0.2) is 0 Å². The summed E-state index contributed by atoms with van der Waals surface area (Å²) in [5.74, 6) is 0. The van der Waals surface area contributed by atoms with Crippen molar-refractivity contribution in [3.63, 3.8) is 0 Å². The summed E-state index contributed by atoms with van der Waals surface area (Å²) in [5.41, 5.74) is 3.30. The third-order valence-electron chi connectivity index (χ3n) is 2.76. The van der Waals surface area contributed by atoms with Crippen molar-refractivity contribution in [1.82, 2.24) is 4.98 Å². The molecule has 1 heterocycles. The van der Waals surface area contributed by atoms with Gasteiger partial charge in [-0.2, -0.15) is 0 Å². The van der Waals surface area contributed by atoms with Gasteiger partial charge in [0.05, 0.1) is 17.3 Å². The lowest BCUT2D eigenvalue weighted by Crippen LogP contribution is -2.21. The molecular weight excluding hydrogens is 256 g/mol. The number of benzene rings is 1. The van der Waals surface area contributed by atoms with E-state index < -0.39 is 0 Å². The lowest BCUT2D eigenvalue weighted by molar-refractivity contribution is 0.141. The van der Waals surface area contributed by atoms with Crippen LogP contribution in [0.4, 0.5) is 5.69 Å². The smallest absolute Gasteiger partial charge is 0.0901 e. The number of anilines is 1. The number of nitrogens with one attached hydrogen (secondary N) is 1. The number of nitrogens with zero attached hydrogens (tertiary/aromatic N) is 1. The number of aryl methyl sites for hydroxylation is 1. The molecule has 1 aromatic heterocycles. The largest absolute Gasteiger partial charge is 0.380 e. The maximum Gasteiger partial charge on any atom is 0.0901 e.